The fourth-order valence-electron chi connectivity index (χ4n) is 2.21. The van der Waals surface area contributed by atoms with Gasteiger partial charge in [-0.3, -0.25) is 4.79 Å². The number of amides is 1. The van der Waals surface area contributed by atoms with Crippen molar-refractivity contribution >= 4 is 11.6 Å². The number of furan rings is 1. The van der Waals surface area contributed by atoms with E-state index in [0.29, 0.717) is 12.3 Å². The lowest BCUT2D eigenvalue weighted by molar-refractivity contribution is -0.119. The Kier molecular flexibility index (Phi) is 3.95. The van der Waals surface area contributed by atoms with Crippen LogP contribution in [0.4, 0.5) is 5.69 Å². The third-order valence-electron chi connectivity index (χ3n) is 3.29. The molecule has 0 saturated carbocycles. The number of tetrazole rings is 1. The number of carbonyl (C=O) groups is 1. The van der Waals surface area contributed by atoms with Gasteiger partial charge in [0.15, 0.2) is 0 Å². The number of carbonyl (C=O) groups excluding carboxylic acids is 1. The standard InChI is InChI=1S/C15H15N5O2/c1-12-5-2-3-7-14(12)20(9-13-6-4-8-22-13)15(21)10-19-11-16-17-18-19/h2-8,11H,9-10H2,1H3. The van der Waals surface area contributed by atoms with E-state index in [1.54, 1.807) is 17.2 Å². The summed E-state index contributed by atoms with van der Waals surface area (Å²) in [5, 5.41) is 10.8. The molecule has 0 aliphatic rings. The van der Waals surface area contributed by atoms with Crippen LogP contribution in [0.25, 0.3) is 0 Å². The number of hydrogen-bond donors (Lipinski definition) is 0. The Labute approximate surface area is 127 Å². The van der Waals surface area contributed by atoms with E-state index in [-0.39, 0.29) is 12.5 Å². The van der Waals surface area contributed by atoms with E-state index in [0.717, 1.165) is 11.3 Å². The first-order chi connectivity index (χ1) is 10.7. The number of aromatic nitrogens is 4. The molecule has 22 heavy (non-hydrogen) atoms. The Morgan fingerprint density at radius 2 is 2.14 bits per heavy atom. The fourth-order valence-corrected chi connectivity index (χ4v) is 2.21. The van der Waals surface area contributed by atoms with Gasteiger partial charge in [-0.15, -0.1) is 5.10 Å². The number of nitrogens with zero attached hydrogens (tertiary/aromatic N) is 5. The molecule has 112 valence electrons. The van der Waals surface area contributed by atoms with E-state index < -0.39 is 0 Å². The van der Waals surface area contributed by atoms with Gasteiger partial charge in [-0.05, 0) is 41.1 Å². The molecule has 0 fully saturated rings. The largest absolute Gasteiger partial charge is 0.467 e. The molecule has 2 aromatic heterocycles. The van der Waals surface area contributed by atoms with E-state index >= 15 is 0 Å². The Bertz CT molecular complexity index is 737. The van der Waals surface area contributed by atoms with Crippen molar-refractivity contribution in [3.8, 4) is 0 Å². The first-order valence-electron chi connectivity index (χ1n) is 6.83. The number of anilines is 1. The topological polar surface area (TPSA) is 77.0 Å². The molecule has 7 nitrogen and oxygen atoms in total. The minimum Gasteiger partial charge on any atom is -0.467 e. The molecule has 3 rings (SSSR count). The van der Waals surface area contributed by atoms with Crippen LogP contribution < -0.4 is 4.90 Å². The Morgan fingerprint density at radius 3 is 2.82 bits per heavy atom. The monoisotopic (exact) mass is 297 g/mol. The lowest BCUT2D eigenvalue weighted by atomic mass is 10.1. The van der Waals surface area contributed by atoms with Crippen LogP contribution in [0.2, 0.25) is 0 Å². The van der Waals surface area contributed by atoms with Crippen molar-refractivity contribution in [1.82, 2.24) is 20.2 Å². The smallest absolute Gasteiger partial charge is 0.249 e. The molecule has 0 aliphatic heterocycles. The van der Waals surface area contributed by atoms with E-state index in [4.69, 9.17) is 4.42 Å². The van der Waals surface area contributed by atoms with Crippen LogP contribution in [0.3, 0.4) is 0 Å². The van der Waals surface area contributed by atoms with Crippen molar-refractivity contribution in [3.63, 3.8) is 0 Å². The summed E-state index contributed by atoms with van der Waals surface area (Å²) in [5.41, 5.74) is 1.86. The second-order valence-corrected chi connectivity index (χ2v) is 4.85. The van der Waals surface area contributed by atoms with Gasteiger partial charge in [0.25, 0.3) is 0 Å². The highest BCUT2D eigenvalue weighted by Crippen LogP contribution is 2.22. The molecule has 1 amide bonds. The lowest BCUT2D eigenvalue weighted by Crippen LogP contribution is -2.34. The summed E-state index contributed by atoms with van der Waals surface area (Å²) < 4.78 is 6.77. The van der Waals surface area contributed by atoms with Crippen molar-refractivity contribution in [3.05, 3.63) is 60.3 Å². The average Bonchev–Trinajstić information content (AvgIpc) is 3.19. The van der Waals surface area contributed by atoms with Gasteiger partial charge in [0.2, 0.25) is 5.91 Å². The van der Waals surface area contributed by atoms with Gasteiger partial charge in [-0.2, -0.15) is 0 Å². The van der Waals surface area contributed by atoms with Crippen LogP contribution >= 0.6 is 0 Å². The highest BCUT2D eigenvalue weighted by atomic mass is 16.3. The highest BCUT2D eigenvalue weighted by Gasteiger charge is 2.19. The second-order valence-electron chi connectivity index (χ2n) is 4.85. The molecular formula is C15H15N5O2. The van der Waals surface area contributed by atoms with Crippen LogP contribution in [-0.4, -0.2) is 26.1 Å². The van der Waals surface area contributed by atoms with Gasteiger partial charge in [-0.25, -0.2) is 4.68 Å². The van der Waals surface area contributed by atoms with Crippen molar-refractivity contribution in [2.45, 2.75) is 20.0 Å². The number of rotatable bonds is 5. The SMILES string of the molecule is Cc1ccccc1N(Cc1ccco1)C(=O)Cn1cnnn1. The van der Waals surface area contributed by atoms with Gasteiger partial charge in [0.05, 0.1) is 12.8 Å². The molecule has 0 bridgehead atoms. The summed E-state index contributed by atoms with van der Waals surface area (Å²) in [7, 11) is 0. The lowest BCUT2D eigenvalue weighted by Gasteiger charge is -2.23. The third kappa shape index (κ3) is 3.03. The zero-order valence-electron chi connectivity index (χ0n) is 12.1. The predicted molar refractivity (Wildman–Crippen MR) is 78.9 cm³/mol. The van der Waals surface area contributed by atoms with Gasteiger partial charge >= 0.3 is 0 Å². The summed E-state index contributed by atoms with van der Waals surface area (Å²) in [6, 6.07) is 11.4. The van der Waals surface area contributed by atoms with Crippen molar-refractivity contribution in [2.75, 3.05) is 4.90 Å². The number of benzene rings is 1. The molecule has 0 radical (unpaired) electrons. The molecule has 0 spiro atoms. The maximum Gasteiger partial charge on any atom is 0.249 e. The molecule has 0 atom stereocenters. The Morgan fingerprint density at radius 1 is 1.27 bits per heavy atom. The second kappa shape index (κ2) is 6.21. The van der Waals surface area contributed by atoms with Gasteiger partial charge < -0.3 is 9.32 Å². The van der Waals surface area contributed by atoms with Crippen molar-refractivity contribution in [1.29, 1.82) is 0 Å². The van der Waals surface area contributed by atoms with E-state index in [1.807, 2.05) is 37.3 Å². The maximum atomic E-state index is 12.7. The van der Waals surface area contributed by atoms with Crippen molar-refractivity contribution < 1.29 is 9.21 Å². The summed E-state index contributed by atoms with van der Waals surface area (Å²) in [4.78, 5) is 14.3. The third-order valence-corrected chi connectivity index (χ3v) is 3.29. The van der Waals surface area contributed by atoms with E-state index in [9.17, 15) is 4.79 Å². The maximum absolute atomic E-state index is 12.7. The van der Waals surface area contributed by atoms with Gasteiger partial charge in [0, 0.05) is 5.69 Å². The Balaban J connectivity index is 1.88. The number of para-hydroxylation sites is 1. The van der Waals surface area contributed by atoms with Gasteiger partial charge in [-0.1, -0.05) is 18.2 Å². The van der Waals surface area contributed by atoms with E-state index in [1.165, 1.54) is 11.0 Å². The number of aryl methyl sites for hydroxylation is 1. The predicted octanol–water partition coefficient (Wildman–Crippen LogP) is 1.81. The first-order valence-corrected chi connectivity index (χ1v) is 6.83. The number of hydrogen-bond acceptors (Lipinski definition) is 5. The molecule has 7 heteroatoms. The zero-order chi connectivity index (χ0) is 15.4. The van der Waals surface area contributed by atoms with E-state index in [2.05, 4.69) is 15.5 Å². The van der Waals surface area contributed by atoms with Crippen LogP contribution in [0.15, 0.2) is 53.4 Å². The first kappa shape index (κ1) is 14.0. The molecule has 0 N–H and O–H groups in total. The normalized spacial score (nSPS) is 10.6. The minimum absolute atomic E-state index is 0.0715. The molecule has 0 aliphatic carbocycles. The molecule has 3 aromatic rings. The summed E-state index contributed by atoms with van der Waals surface area (Å²) in [5.74, 6) is 0.603. The molecule has 0 saturated heterocycles. The van der Waals surface area contributed by atoms with Crippen LogP contribution in [0.1, 0.15) is 11.3 Å². The average molecular weight is 297 g/mol. The summed E-state index contributed by atoms with van der Waals surface area (Å²) >= 11 is 0. The van der Waals surface area contributed by atoms with Gasteiger partial charge in [0.1, 0.15) is 18.6 Å². The van der Waals surface area contributed by atoms with Crippen molar-refractivity contribution in [2.24, 2.45) is 0 Å². The molecule has 1 aromatic carbocycles. The fraction of sp³-hybridized carbons (Fsp3) is 0.200. The minimum atomic E-state index is -0.113. The van der Waals surface area contributed by atoms with Crippen LogP contribution in [0.5, 0.6) is 0 Å². The molecule has 0 unspecified atom stereocenters. The molecular weight excluding hydrogens is 282 g/mol. The quantitative estimate of drug-likeness (QED) is 0.717. The Hall–Kier alpha value is -2.96. The molecule has 2 heterocycles. The summed E-state index contributed by atoms with van der Waals surface area (Å²) in [6.45, 7) is 2.40. The summed E-state index contributed by atoms with van der Waals surface area (Å²) in [6.07, 6.45) is 3.01. The zero-order valence-corrected chi connectivity index (χ0v) is 12.1. The highest BCUT2D eigenvalue weighted by molar-refractivity contribution is 5.93. The van der Waals surface area contributed by atoms with Crippen LogP contribution in [-0.2, 0) is 17.9 Å². The van der Waals surface area contributed by atoms with Crippen LogP contribution in [0, 0.1) is 6.92 Å².